The highest BCUT2D eigenvalue weighted by Gasteiger charge is 2.25. The van der Waals surface area contributed by atoms with Crippen LogP contribution in [-0.2, 0) is 4.79 Å². The number of halogens is 3. The predicted octanol–water partition coefficient (Wildman–Crippen LogP) is 1.44. The van der Waals surface area contributed by atoms with Crippen molar-refractivity contribution in [3.8, 4) is 0 Å². The third-order valence-electron chi connectivity index (χ3n) is 2.01. The summed E-state index contributed by atoms with van der Waals surface area (Å²) in [6.07, 6.45) is -4.48. The van der Waals surface area contributed by atoms with Crippen LogP contribution in [0.15, 0.2) is 0 Å². The lowest BCUT2D eigenvalue weighted by Crippen LogP contribution is -2.40. The molecule has 15 heavy (non-hydrogen) atoms. The van der Waals surface area contributed by atoms with Crippen LogP contribution < -0.4 is 10.6 Å². The SMILES string of the molecule is CNC(C)C(=O)NCCCCC(F)(F)F. The average Bonchev–Trinajstić information content (AvgIpc) is 2.14. The van der Waals surface area contributed by atoms with Crippen molar-refractivity contribution in [2.45, 2.75) is 38.4 Å². The number of carbonyl (C=O) groups excluding carboxylic acids is 1. The van der Waals surface area contributed by atoms with Crippen molar-refractivity contribution < 1.29 is 18.0 Å². The molecule has 0 aliphatic heterocycles. The van der Waals surface area contributed by atoms with Crippen molar-refractivity contribution in [2.75, 3.05) is 13.6 Å². The first-order chi connectivity index (χ1) is 6.87. The normalized spacial score (nSPS) is 13.7. The molecular weight excluding hydrogens is 209 g/mol. The highest BCUT2D eigenvalue weighted by Crippen LogP contribution is 2.21. The Morgan fingerprint density at radius 1 is 1.33 bits per heavy atom. The van der Waals surface area contributed by atoms with E-state index in [1.54, 1.807) is 14.0 Å². The number of nitrogens with one attached hydrogen (secondary N) is 2. The zero-order valence-corrected chi connectivity index (χ0v) is 8.95. The Labute approximate surface area is 87.4 Å². The summed E-state index contributed by atoms with van der Waals surface area (Å²) in [7, 11) is 1.65. The van der Waals surface area contributed by atoms with Gasteiger partial charge in [0.05, 0.1) is 6.04 Å². The van der Waals surface area contributed by atoms with E-state index in [0.717, 1.165) is 0 Å². The van der Waals surface area contributed by atoms with Gasteiger partial charge in [0.1, 0.15) is 0 Å². The number of alkyl halides is 3. The molecule has 0 bridgehead atoms. The molecule has 0 spiro atoms. The van der Waals surface area contributed by atoms with Gasteiger partial charge in [-0.05, 0) is 26.8 Å². The molecule has 0 aliphatic rings. The fourth-order valence-corrected chi connectivity index (χ4v) is 0.946. The van der Waals surface area contributed by atoms with Gasteiger partial charge in [0.15, 0.2) is 0 Å². The summed E-state index contributed by atoms with van der Waals surface area (Å²) in [5.74, 6) is -0.190. The lowest BCUT2D eigenvalue weighted by Gasteiger charge is -2.11. The van der Waals surface area contributed by atoms with E-state index >= 15 is 0 Å². The number of unbranched alkanes of at least 4 members (excludes halogenated alkanes) is 1. The summed E-state index contributed by atoms with van der Waals surface area (Å²) in [4.78, 5) is 11.1. The van der Waals surface area contributed by atoms with Crippen LogP contribution in [-0.4, -0.2) is 31.7 Å². The molecule has 0 aromatic heterocycles. The highest BCUT2D eigenvalue weighted by molar-refractivity contribution is 5.81. The number of amides is 1. The third kappa shape index (κ3) is 8.23. The van der Waals surface area contributed by atoms with Gasteiger partial charge < -0.3 is 10.6 Å². The Kier molecular flexibility index (Phi) is 6.31. The zero-order chi connectivity index (χ0) is 11.9. The highest BCUT2D eigenvalue weighted by atomic mass is 19.4. The monoisotopic (exact) mass is 226 g/mol. The number of carbonyl (C=O) groups is 1. The topological polar surface area (TPSA) is 41.1 Å². The number of rotatable bonds is 6. The summed E-state index contributed by atoms with van der Waals surface area (Å²) >= 11 is 0. The maximum Gasteiger partial charge on any atom is 0.389 e. The summed E-state index contributed by atoms with van der Waals surface area (Å²) in [5.41, 5.74) is 0. The van der Waals surface area contributed by atoms with Crippen LogP contribution in [0, 0.1) is 0 Å². The number of hydrogen-bond acceptors (Lipinski definition) is 2. The molecule has 90 valence electrons. The molecule has 0 rings (SSSR count). The van der Waals surface area contributed by atoms with Gasteiger partial charge in [-0.25, -0.2) is 0 Å². The molecule has 0 radical (unpaired) electrons. The van der Waals surface area contributed by atoms with E-state index in [1.807, 2.05) is 0 Å². The molecule has 1 amide bonds. The van der Waals surface area contributed by atoms with Gasteiger partial charge in [-0.3, -0.25) is 4.79 Å². The van der Waals surface area contributed by atoms with Gasteiger partial charge in [0.2, 0.25) is 5.91 Å². The molecule has 0 fully saturated rings. The van der Waals surface area contributed by atoms with Gasteiger partial charge in [0.25, 0.3) is 0 Å². The molecule has 2 N–H and O–H groups in total. The first-order valence-electron chi connectivity index (χ1n) is 4.88. The van der Waals surface area contributed by atoms with Crippen molar-refractivity contribution in [3.63, 3.8) is 0 Å². The quantitative estimate of drug-likeness (QED) is 0.673. The molecule has 0 heterocycles. The van der Waals surface area contributed by atoms with Crippen LogP contribution in [0.25, 0.3) is 0 Å². The fraction of sp³-hybridized carbons (Fsp3) is 0.889. The van der Waals surface area contributed by atoms with Crippen molar-refractivity contribution in [2.24, 2.45) is 0 Å². The maximum absolute atomic E-state index is 11.7. The van der Waals surface area contributed by atoms with E-state index in [-0.39, 0.29) is 18.4 Å². The van der Waals surface area contributed by atoms with Gasteiger partial charge in [0, 0.05) is 13.0 Å². The van der Waals surface area contributed by atoms with Crippen LogP contribution in [0.2, 0.25) is 0 Å². The average molecular weight is 226 g/mol. The minimum Gasteiger partial charge on any atom is -0.355 e. The molecule has 3 nitrogen and oxygen atoms in total. The third-order valence-corrected chi connectivity index (χ3v) is 2.01. The standard InChI is InChI=1S/C9H17F3N2O/c1-7(13-2)8(15)14-6-4-3-5-9(10,11)12/h7,13H,3-6H2,1-2H3,(H,14,15). The summed E-state index contributed by atoms with van der Waals surface area (Å²) < 4.78 is 35.2. The van der Waals surface area contributed by atoms with E-state index in [0.29, 0.717) is 13.0 Å². The van der Waals surface area contributed by atoms with Crippen molar-refractivity contribution in [1.29, 1.82) is 0 Å². The van der Waals surface area contributed by atoms with E-state index < -0.39 is 12.6 Å². The van der Waals surface area contributed by atoms with Gasteiger partial charge in [-0.1, -0.05) is 0 Å². The first-order valence-corrected chi connectivity index (χ1v) is 4.88. The van der Waals surface area contributed by atoms with Crippen molar-refractivity contribution in [1.82, 2.24) is 10.6 Å². The van der Waals surface area contributed by atoms with Crippen LogP contribution in [0.5, 0.6) is 0 Å². The second kappa shape index (κ2) is 6.66. The first kappa shape index (κ1) is 14.2. The summed E-state index contributed by atoms with van der Waals surface area (Å²) in [6, 6.07) is -0.312. The molecule has 6 heteroatoms. The molecule has 1 atom stereocenters. The Morgan fingerprint density at radius 3 is 2.40 bits per heavy atom. The molecule has 0 aromatic rings. The molecule has 0 aliphatic carbocycles. The second-order valence-corrected chi connectivity index (χ2v) is 3.37. The Hall–Kier alpha value is -0.780. The smallest absolute Gasteiger partial charge is 0.355 e. The lowest BCUT2D eigenvalue weighted by molar-refractivity contribution is -0.135. The molecular formula is C9H17F3N2O. The fourth-order valence-electron chi connectivity index (χ4n) is 0.946. The van der Waals surface area contributed by atoms with E-state index in [2.05, 4.69) is 10.6 Å². The summed E-state index contributed by atoms with van der Waals surface area (Å²) in [5, 5.41) is 5.29. The van der Waals surface area contributed by atoms with E-state index in [4.69, 9.17) is 0 Å². The Balaban J connectivity index is 3.43. The largest absolute Gasteiger partial charge is 0.389 e. The molecule has 0 saturated carbocycles. The number of likely N-dealkylation sites (N-methyl/N-ethyl adjacent to an activating group) is 1. The van der Waals surface area contributed by atoms with Crippen molar-refractivity contribution >= 4 is 5.91 Å². The van der Waals surface area contributed by atoms with Gasteiger partial charge >= 0.3 is 6.18 Å². The Morgan fingerprint density at radius 2 is 1.93 bits per heavy atom. The molecule has 0 aromatic carbocycles. The lowest BCUT2D eigenvalue weighted by atomic mass is 10.2. The minimum atomic E-state index is -4.09. The predicted molar refractivity (Wildman–Crippen MR) is 51.4 cm³/mol. The minimum absolute atomic E-state index is 0.0533. The molecule has 0 saturated heterocycles. The number of hydrogen-bond donors (Lipinski definition) is 2. The summed E-state index contributed by atoms with van der Waals surface area (Å²) in [6.45, 7) is 1.98. The van der Waals surface area contributed by atoms with Crippen molar-refractivity contribution in [3.05, 3.63) is 0 Å². The van der Waals surface area contributed by atoms with E-state index in [1.165, 1.54) is 0 Å². The van der Waals surface area contributed by atoms with Crippen LogP contribution in [0.1, 0.15) is 26.2 Å². The molecule has 1 unspecified atom stereocenters. The second-order valence-electron chi connectivity index (χ2n) is 3.37. The van der Waals surface area contributed by atoms with Gasteiger partial charge in [-0.15, -0.1) is 0 Å². The van der Waals surface area contributed by atoms with Crippen LogP contribution >= 0.6 is 0 Å². The van der Waals surface area contributed by atoms with E-state index in [9.17, 15) is 18.0 Å². The van der Waals surface area contributed by atoms with Gasteiger partial charge in [-0.2, -0.15) is 13.2 Å². The van der Waals surface area contributed by atoms with Crippen LogP contribution in [0.3, 0.4) is 0 Å². The Bertz CT molecular complexity index is 194. The zero-order valence-electron chi connectivity index (χ0n) is 8.95. The maximum atomic E-state index is 11.7. The van der Waals surface area contributed by atoms with Crippen LogP contribution in [0.4, 0.5) is 13.2 Å².